The Morgan fingerprint density at radius 2 is 0.821 bits per heavy atom. The van der Waals surface area contributed by atoms with Gasteiger partial charge in [0.2, 0.25) is 0 Å². The molecular formula is C26H20N2. The molecule has 5 aromatic rings. The predicted molar refractivity (Wildman–Crippen MR) is 121 cm³/mol. The van der Waals surface area contributed by atoms with Gasteiger partial charge < -0.3 is 11.5 Å². The van der Waals surface area contributed by atoms with Gasteiger partial charge in [0.1, 0.15) is 0 Å². The van der Waals surface area contributed by atoms with Gasteiger partial charge in [-0.2, -0.15) is 0 Å². The van der Waals surface area contributed by atoms with Crippen LogP contribution in [0.25, 0.3) is 43.8 Å². The van der Waals surface area contributed by atoms with Gasteiger partial charge in [0.05, 0.1) is 0 Å². The van der Waals surface area contributed by atoms with Crippen molar-refractivity contribution < 1.29 is 0 Å². The van der Waals surface area contributed by atoms with Crippen molar-refractivity contribution in [3.8, 4) is 22.3 Å². The number of hydrogen-bond donors (Lipinski definition) is 2. The maximum Gasteiger partial charge on any atom is 0.0314 e. The zero-order valence-corrected chi connectivity index (χ0v) is 15.4. The molecule has 0 saturated carbocycles. The zero-order chi connectivity index (χ0) is 19.1. The van der Waals surface area contributed by atoms with Crippen LogP contribution in [0.3, 0.4) is 0 Å². The van der Waals surface area contributed by atoms with E-state index in [1.807, 2.05) is 24.3 Å². The number of fused-ring (bicyclic) bond motifs is 2. The molecule has 0 aliphatic carbocycles. The first kappa shape index (κ1) is 16.4. The molecule has 5 rings (SSSR count). The van der Waals surface area contributed by atoms with E-state index in [1.165, 1.54) is 43.8 Å². The maximum atomic E-state index is 5.89. The van der Waals surface area contributed by atoms with Gasteiger partial charge in [0.25, 0.3) is 0 Å². The van der Waals surface area contributed by atoms with Gasteiger partial charge in [-0.3, -0.25) is 0 Å². The normalized spacial score (nSPS) is 11.1. The van der Waals surface area contributed by atoms with E-state index in [2.05, 4.69) is 72.8 Å². The van der Waals surface area contributed by atoms with Crippen molar-refractivity contribution in [1.82, 2.24) is 0 Å². The topological polar surface area (TPSA) is 52.0 Å². The fourth-order valence-corrected chi connectivity index (χ4v) is 3.86. The maximum absolute atomic E-state index is 5.89. The molecule has 2 nitrogen and oxygen atoms in total. The summed E-state index contributed by atoms with van der Waals surface area (Å²) in [5.74, 6) is 0. The first-order valence-corrected chi connectivity index (χ1v) is 9.36. The number of rotatable bonds is 2. The molecule has 2 heteroatoms. The summed E-state index contributed by atoms with van der Waals surface area (Å²) in [6.45, 7) is 0. The third-order valence-electron chi connectivity index (χ3n) is 5.33. The summed E-state index contributed by atoms with van der Waals surface area (Å²) in [5, 5.41) is 4.94. The lowest BCUT2D eigenvalue weighted by Crippen LogP contribution is -1.89. The third-order valence-corrected chi connectivity index (χ3v) is 5.33. The van der Waals surface area contributed by atoms with Gasteiger partial charge in [0, 0.05) is 11.4 Å². The summed E-state index contributed by atoms with van der Waals surface area (Å²) in [6, 6.07) is 33.6. The van der Waals surface area contributed by atoms with Crippen molar-refractivity contribution in [3.63, 3.8) is 0 Å². The van der Waals surface area contributed by atoms with Gasteiger partial charge >= 0.3 is 0 Å². The van der Waals surface area contributed by atoms with Crippen LogP contribution in [0.5, 0.6) is 0 Å². The summed E-state index contributed by atoms with van der Waals surface area (Å²) in [5.41, 5.74) is 18.1. The van der Waals surface area contributed by atoms with E-state index in [-0.39, 0.29) is 0 Å². The van der Waals surface area contributed by atoms with E-state index < -0.39 is 0 Å². The Bertz CT molecular complexity index is 1200. The van der Waals surface area contributed by atoms with Gasteiger partial charge in [-0.25, -0.2) is 0 Å². The molecule has 0 aliphatic heterocycles. The number of hydrogen-bond acceptors (Lipinski definition) is 2. The van der Waals surface area contributed by atoms with Crippen molar-refractivity contribution in [1.29, 1.82) is 0 Å². The van der Waals surface area contributed by atoms with E-state index in [4.69, 9.17) is 11.5 Å². The average Bonchev–Trinajstić information content (AvgIpc) is 2.73. The summed E-state index contributed by atoms with van der Waals surface area (Å²) in [7, 11) is 0. The van der Waals surface area contributed by atoms with Crippen LogP contribution >= 0.6 is 0 Å². The minimum Gasteiger partial charge on any atom is -0.399 e. The smallest absolute Gasteiger partial charge is 0.0314 e. The molecule has 0 heterocycles. The summed E-state index contributed by atoms with van der Waals surface area (Å²) in [4.78, 5) is 0. The number of nitrogen functional groups attached to an aromatic ring is 2. The van der Waals surface area contributed by atoms with Crippen molar-refractivity contribution >= 4 is 32.9 Å². The lowest BCUT2D eigenvalue weighted by atomic mass is 9.90. The molecule has 134 valence electrons. The van der Waals surface area contributed by atoms with Crippen molar-refractivity contribution in [2.75, 3.05) is 11.5 Å². The van der Waals surface area contributed by atoms with Crippen LogP contribution in [-0.2, 0) is 0 Å². The zero-order valence-electron chi connectivity index (χ0n) is 15.4. The van der Waals surface area contributed by atoms with Crippen molar-refractivity contribution in [2.24, 2.45) is 0 Å². The Labute approximate surface area is 164 Å². The Kier molecular flexibility index (Phi) is 3.77. The van der Waals surface area contributed by atoms with E-state index >= 15 is 0 Å². The first-order chi connectivity index (χ1) is 13.7. The minimum atomic E-state index is 0.775. The molecule has 0 atom stereocenters. The summed E-state index contributed by atoms with van der Waals surface area (Å²) >= 11 is 0. The fourth-order valence-electron chi connectivity index (χ4n) is 3.86. The molecule has 5 aromatic carbocycles. The highest BCUT2D eigenvalue weighted by Gasteiger charge is 2.11. The van der Waals surface area contributed by atoms with Crippen LogP contribution in [0.1, 0.15) is 0 Å². The molecular weight excluding hydrogens is 340 g/mol. The quantitative estimate of drug-likeness (QED) is 0.279. The van der Waals surface area contributed by atoms with E-state index in [0.29, 0.717) is 0 Å². The molecule has 0 aliphatic rings. The molecule has 0 aromatic heterocycles. The van der Waals surface area contributed by atoms with Crippen molar-refractivity contribution in [3.05, 3.63) is 97.1 Å². The van der Waals surface area contributed by atoms with Crippen LogP contribution in [0, 0.1) is 0 Å². The Balaban J connectivity index is 1.85. The third kappa shape index (κ3) is 2.76. The minimum absolute atomic E-state index is 0.775. The molecule has 0 unspecified atom stereocenters. The largest absolute Gasteiger partial charge is 0.399 e. The molecule has 28 heavy (non-hydrogen) atoms. The van der Waals surface area contributed by atoms with E-state index in [0.717, 1.165) is 11.4 Å². The van der Waals surface area contributed by atoms with Crippen LogP contribution in [0.2, 0.25) is 0 Å². The fraction of sp³-hybridized carbons (Fsp3) is 0. The molecule has 0 spiro atoms. The van der Waals surface area contributed by atoms with Crippen LogP contribution in [0.15, 0.2) is 97.1 Å². The molecule has 0 radical (unpaired) electrons. The lowest BCUT2D eigenvalue weighted by molar-refractivity contribution is 1.62. The number of benzene rings is 5. The molecule has 0 saturated heterocycles. The lowest BCUT2D eigenvalue weighted by Gasteiger charge is -2.14. The van der Waals surface area contributed by atoms with E-state index in [9.17, 15) is 0 Å². The van der Waals surface area contributed by atoms with Gasteiger partial charge in [-0.05, 0) is 80.2 Å². The molecule has 0 bridgehead atoms. The van der Waals surface area contributed by atoms with Gasteiger partial charge in [-0.15, -0.1) is 0 Å². The average molecular weight is 360 g/mol. The van der Waals surface area contributed by atoms with Gasteiger partial charge in [0.15, 0.2) is 0 Å². The predicted octanol–water partition coefficient (Wildman–Crippen LogP) is 6.49. The first-order valence-electron chi connectivity index (χ1n) is 9.36. The van der Waals surface area contributed by atoms with Gasteiger partial charge in [-0.1, -0.05) is 60.7 Å². The highest BCUT2D eigenvalue weighted by Crippen LogP contribution is 2.38. The SMILES string of the molecule is Nc1ccc(-c2ccc(-c3ccc(N)cc3)c3cc4ccccc4cc23)cc1. The van der Waals surface area contributed by atoms with Crippen LogP contribution in [0.4, 0.5) is 11.4 Å². The second-order valence-corrected chi connectivity index (χ2v) is 7.15. The van der Waals surface area contributed by atoms with Crippen LogP contribution < -0.4 is 11.5 Å². The van der Waals surface area contributed by atoms with Crippen molar-refractivity contribution in [2.45, 2.75) is 0 Å². The highest BCUT2D eigenvalue weighted by molar-refractivity contribution is 6.10. The monoisotopic (exact) mass is 360 g/mol. The Morgan fingerprint density at radius 1 is 0.429 bits per heavy atom. The second kappa shape index (κ2) is 6.43. The summed E-state index contributed by atoms with van der Waals surface area (Å²) < 4.78 is 0. The second-order valence-electron chi connectivity index (χ2n) is 7.15. The Morgan fingerprint density at radius 3 is 1.21 bits per heavy atom. The van der Waals surface area contributed by atoms with Crippen LogP contribution in [-0.4, -0.2) is 0 Å². The molecule has 0 amide bonds. The molecule has 4 N–H and O–H groups in total. The highest BCUT2D eigenvalue weighted by atomic mass is 14.5. The number of nitrogens with two attached hydrogens (primary N) is 2. The van der Waals surface area contributed by atoms with E-state index in [1.54, 1.807) is 0 Å². The standard InChI is InChI=1S/C26H20N2/c27-21-9-5-17(6-10-21)23-13-14-24(18-7-11-22(28)12-8-18)26-16-20-4-2-1-3-19(20)15-25(23)26/h1-16H,27-28H2. The Hall–Kier alpha value is -3.78. The molecule has 0 fully saturated rings. The number of anilines is 2. The summed E-state index contributed by atoms with van der Waals surface area (Å²) in [6.07, 6.45) is 0.